The molecule has 0 atom stereocenters. The largest absolute Gasteiger partial charge is 0.478 e. The van der Waals surface area contributed by atoms with Crippen LogP contribution < -0.4 is 0 Å². The number of hydrogen-bond donors (Lipinski definition) is 1. The Morgan fingerprint density at radius 2 is 1.81 bits per heavy atom. The molecule has 1 aliphatic heterocycles. The van der Waals surface area contributed by atoms with Crippen LogP contribution in [-0.4, -0.2) is 35.6 Å². The summed E-state index contributed by atoms with van der Waals surface area (Å²) < 4.78 is 0. The minimum Gasteiger partial charge on any atom is -0.478 e. The van der Waals surface area contributed by atoms with Gasteiger partial charge in [0.25, 0.3) is 0 Å². The standard InChI is InChI=1S/C13H21NO2/c15-12(16)4-3-9-14-10-7-13(8-11-14)5-1-2-6-13/h3-4H,1-2,5-11H2,(H,15,16). The van der Waals surface area contributed by atoms with E-state index in [1.165, 1.54) is 44.6 Å². The monoisotopic (exact) mass is 223 g/mol. The third kappa shape index (κ3) is 2.85. The molecule has 3 nitrogen and oxygen atoms in total. The van der Waals surface area contributed by atoms with Crippen LogP contribution in [0.2, 0.25) is 0 Å². The van der Waals surface area contributed by atoms with Gasteiger partial charge in [0, 0.05) is 12.6 Å². The minimum atomic E-state index is -0.843. The van der Waals surface area contributed by atoms with Gasteiger partial charge in [0.2, 0.25) is 0 Å². The summed E-state index contributed by atoms with van der Waals surface area (Å²) in [4.78, 5) is 12.7. The van der Waals surface area contributed by atoms with Gasteiger partial charge in [-0.2, -0.15) is 0 Å². The highest BCUT2D eigenvalue weighted by Gasteiger charge is 2.36. The minimum absolute atomic E-state index is 0.660. The van der Waals surface area contributed by atoms with Crippen LogP contribution in [0.15, 0.2) is 12.2 Å². The van der Waals surface area contributed by atoms with Gasteiger partial charge in [0.05, 0.1) is 0 Å². The summed E-state index contributed by atoms with van der Waals surface area (Å²) in [5.41, 5.74) is 0.660. The third-order valence-electron chi connectivity index (χ3n) is 4.20. The van der Waals surface area contributed by atoms with Gasteiger partial charge >= 0.3 is 5.97 Å². The number of nitrogens with zero attached hydrogens (tertiary/aromatic N) is 1. The van der Waals surface area contributed by atoms with E-state index in [2.05, 4.69) is 4.90 Å². The normalized spacial score (nSPS) is 25.5. The Hall–Kier alpha value is -0.830. The predicted octanol–water partition coefficient (Wildman–Crippen LogP) is 2.28. The fourth-order valence-electron chi connectivity index (χ4n) is 3.14. The van der Waals surface area contributed by atoms with Crippen LogP contribution in [-0.2, 0) is 4.79 Å². The second-order valence-electron chi connectivity index (χ2n) is 5.25. The van der Waals surface area contributed by atoms with Crippen LogP contribution in [0, 0.1) is 5.41 Å². The molecule has 1 saturated heterocycles. The molecule has 3 heteroatoms. The second-order valence-corrected chi connectivity index (χ2v) is 5.25. The van der Waals surface area contributed by atoms with E-state index in [0.29, 0.717) is 5.41 Å². The molecule has 2 rings (SSSR count). The summed E-state index contributed by atoms with van der Waals surface area (Å²) >= 11 is 0. The van der Waals surface area contributed by atoms with Gasteiger partial charge in [0.15, 0.2) is 0 Å². The molecule has 1 spiro atoms. The van der Waals surface area contributed by atoms with Crippen molar-refractivity contribution in [3.63, 3.8) is 0 Å². The first-order valence-corrected chi connectivity index (χ1v) is 6.32. The SMILES string of the molecule is O=C(O)C=CCN1CCC2(CCCC2)CC1. The Labute approximate surface area is 97.1 Å². The van der Waals surface area contributed by atoms with Gasteiger partial charge in [0.1, 0.15) is 0 Å². The maximum atomic E-state index is 10.3. The molecule has 0 radical (unpaired) electrons. The van der Waals surface area contributed by atoms with E-state index in [1.54, 1.807) is 6.08 Å². The zero-order valence-electron chi connectivity index (χ0n) is 9.82. The maximum Gasteiger partial charge on any atom is 0.328 e. The number of likely N-dealkylation sites (tertiary alicyclic amines) is 1. The van der Waals surface area contributed by atoms with E-state index >= 15 is 0 Å². The highest BCUT2D eigenvalue weighted by atomic mass is 16.4. The van der Waals surface area contributed by atoms with Crippen molar-refractivity contribution in [2.45, 2.75) is 38.5 Å². The molecule has 16 heavy (non-hydrogen) atoms. The van der Waals surface area contributed by atoms with Gasteiger partial charge in [-0.3, -0.25) is 4.90 Å². The lowest BCUT2D eigenvalue weighted by atomic mass is 9.77. The van der Waals surface area contributed by atoms with Gasteiger partial charge < -0.3 is 5.11 Å². The van der Waals surface area contributed by atoms with Crippen molar-refractivity contribution < 1.29 is 9.90 Å². The van der Waals surface area contributed by atoms with Crippen LogP contribution in [0.25, 0.3) is 0 Å². The van der Waals surface area contributed by atoms with Crippen molar-refractivity contribution in [1.82, 2.24) is 4.90 Å². The first kappa shape index (κ1) is 11.6. The van der Waals surface area contributed by atoms with Gasteiger partial charge in [-0.05, 0) is 44.2 Å². The van der Waals surface area contributed by atoms with Crippen molar-refractivity contribution in [3.05, 3.63) is 12.2 Å². The Kier molecular flexibility index (Phi) is 3.64. The fraction of sp³-hybridized carbons (Fsp3) is 0.769. The zero-order chi connectivity index (χ0) is 11.4. The summed E-state index contributed by atoms with van der Waals surface area (Å²) in [5.74, 6) is -0.843. The lowest BCUT2D eigenvalue weighted by Gasteiger charge is -2.39. The van der Waals surface area contributed by atoms with Crippen molar-refractivity contribution in [3.8, 4) is 0 Å². The van der Waals surface area contributed by atoms with Crippen LogP contribution in [0.3, 0.4) is 0 Å². The fourth-order valence-corrected chi connectivity index (χ4v) is 3.14. The third-order valence-corrected chi connectivity index (χ3v) is 4.20. The molecule has 0 aromatic carbocycles. The molecule has 2 fully saturated rings. The Morgan fingerprint density at radius 1 is 1.19 bits per heavy atom. The molecule has 90 valence electrons. The molecule has 0 aromatic heterocycles. The summed E-state index contributed by atoms with van der Waals surface area (Å²) in [6.07, 6.45) is 11.3. The molecule has 1 N–H and O–H groups in total. The number of piperidine rings is 1. The molecular formula is C13H21NO2. The average Bonchev–Trinajstić information content (AvgIpc) is 2.70. The van der Waals surface area contributed by atoms with Gasteiger partial charge in [-0.1, -0.05) is 18.9 Å². The maximum absolute atomic E-state index is 10.3. The summed E-state index contributed by atoms with van der Waals surface area (Å²) in [6.45, 7) is 3.08. The van der Waals surface area contributed by atoms with Gasteiger partial charge in [-0.25, -0.2) is 4.79 Å². The van der Waals surface area contributed by atoms with Crippen molar-refractivity contribution in [2.75, 3.05) is 19.6 Å². The van der Waals surface area contributed by atoms with Crippen molar-refractivity contribution in [1.29, 1.82) is 0 Å². The molecule has 1 aliphatic carbocycles. The van der Waals surface area contributed by atoms with E-state index in [4.69, 9.17) is 5.11 Å². The molecule has 1 heterocycles. The molecule has 1 saturated carbocycles. The summed E-state index contributed by atoms with van der Waals surface area (Å²) in [6, 6.07) is 0. The summed E-state index contributed by atoms with van der Waals surface area (Å²) in [5, 5.41) is 8.51. The molecule has 0 amide bonds. The lowest BCUT2D eigenvalue weighted by molar-refractivity contribution is -0.131. The molecule has 0 aromatic rings. The number of rotatable bonds is 3. The topological polar surface area (TPSA) is 40.5 Å². The van der Waals surface area contributed by atoms with Crippen molar-refractivity contribution >= 4 is 5.97 Å². The van der Waals surface area contributed by atoms with Crippen molar-refractivity contribution in [2.24, 2.45) is 5.41 Å². The first-order chi connectivity index (χ1) is 7.70. The highest BCUT2D eigenvalue weighted by Crippen LogP contribution is 2.45. The average molecular weight is 223 g/mol. The van der Waals surface area contributed by atoms with E-state index in [9.17, 15) is 4.79 Å². The van der Waals surface area contributed by atoms with Crippen LogP contribution in [0.5, 0.6) is 0 Å². The van der Waals surface area contributed by atoms with Crippen LogP contribution in [0.4, 0.5) is 0 Å². The number of carboxylic acids is 1. The molecule has 0 unspecified atom stereocenters. The van der Waals surface area contributed by atoms with E-state index in [0.717, 1.165) is 19.6 Å². The Bertz CT molecular complexity index is 270. The highest BCUT2D eigenvalue weighted by molar-refractivity contribution is 5.79. The van der Waals surface area contributed by atoms with E-state index in [1.807, 2.05) is 0 Å². The van der Waals surface area contributed by atoms with E-state index < -0.39 is 5.97 Å². The molecule has 0 bridgehead atoms. The van der Waals surface area contributed by atoms with E-state index in [-0.39, 0.29) is 0 Å². The smallest absolute Gasteiger partial charge is 0.328 e. The number of hydrogen-bond acceptors (Lipinski definition) is 2. The number of carbonyl (C=O) groups is 1. The molecule has 2 aliphatic rings. The van der Waals surface area contributed by atoms with Crippen LogP contribution in [0.1, 0.15) is 38.5 Å². The second kappa shape index (κ2) is 5.00. The van der Waals surface area contributed by atoms with Crippen LogP contribution >= 0.6 is 0 Å². The predicted molar refractivity (Wildman–Crippen MR) is 63.4 cm³/mol. The first-order valence-electron chi connectivity index (χ1n) is 6.32. The lowest BCUT2D eigenvalue weighted by Crippen LogP contribution is -2.38. The summed E-state index contributed by atoms with van der Waals surface area (Å²) in [7, 11) is 0. The molecular weight excluding hydrogens is 202 g/mol. The number of aliphatic carboxylic acids is 1. The number of carboxylic acid groups (broad SMARTS) is 1. The Morgan fingerprint density at radius 3 is 2.38 bits per heavy atom. The zero-order valence-corrected chi connectivity index (χ0v) is 9.82. The quantitative estimate of drug-likeness (QED) is 0.746. The van der Waals surface area contributed by atoms with Gasteiger partial charge in [-0.15, -0.1) is 0 Å². The Balaban J connectivity index is 1.74.